The van der Waals surface area contributed by atoms with Gasteiger partial charge < -0.3 is 15.2 Å². The van der Waals surface area contributed by atoms with Crippen molar-refractivity contribution in [1.82, 2.24) is 5.32 Å². The first-order chi connectivity index (χ1) is 10.2. The fourth-order valence-corrected chi connectivity index (χ4v) is 3.07. The van der Waals surface area contributed by atoms with Gasteiger partial charge in [-0.05, 0) is 60.7 Å². The molecule has 3 heteroatoms. The van der Waals surface area contributed by atoms with Gasteiger partial charge in [0.15, 0.2) is 0 Å². The topological polar surface area (TPSA) is 41.5 Å². The van der Waals surface area contributed by atoms with E-state index in [0.29, 0.717) is 11.8 Å². The van der Waals surface area contributed by atoms with Gasteiger partial charge in [-0.2, -0.15) is 0 Å². The second kappa shape index (κ2) is 5.78. The molecule has 0 aromatic heterocycles. The number of aryl methyl sites for hydroxylation is 1. The zero-order valence-corrected chi connectivity index (χ0v) is 12.5. The highest BCUT2D eigenvalue weighted by Crippen LogP contribution is 2.35. The quantitative estimate of drug-likeness (QED) is 0.898. The second-order valence-electron chi connectivity index (χ2n) is 5.64. The molecule has 0 amide bonds. The highest BCUT2D eigenvalue weighted by molar-refractivity contribution is 5.41. The third-order valence-corrected chi connectivity index (χ3v) is 4.25. The molecule has 0 bridgehead atoms. The van der Waals surface area contributed by atoms with E-state index >= 15 is 0 Å². The van der Waals surface area contributed by atoms with Gasteiger partial charge in [0, 0.05) is 12.1 Å². The average molecular weight is 283 g/mol. The molecular formula is C18H21NO2. The summed E-state index contributed by atoms with van der Waals surface area (Å²) in [6, 6.07) is 14.3. The fraction of sp³-hybridized carbons (Fsp3) is 0.333. The molecule has 21 heavy (non-hydrogen) atoms. The van der Waals surface area contributed by atoms with Crippen LogP contribution in [-0.2, 0) is 6.42 Å². The number of aromatic hydroxyl groups is 1. The summed E-state index contributed by atoms with van der Waals surface area (Å²) in [6.07, 6.45) is 2.20. The molecule has 1 aliphatic carbocycles. The lowest BCUT2D eigenvalue weighted by atomic mass is 10.0. The van der Waals surface area contributed by atoms with Crippen molar-refractivity contribution < 1.29 is 9.84 Å². The summed E-state index contributed by atoms with van der Waals surface area (Å²) in [5.41, 5.74) is 3.84. The van der Waals surface area contributed by atoms with Crippen molar-refractivity contribution in [1.29, 1.82) is 0 Å². The van der Waals surface area contributed by atoms with Crippen molar-refractivity contribution in [3.05, 3.63) is 59.2 Å². The van der Waals surface area contributed by atoms with Crippen LogP contribution in [0, 0.1) is 0 Å². The minimum atomic E-state index is 0.194. The first-order valence-electron chi connectivity index (χ1n) is 7.39. The molecule has 0 saturated heterocycles. The molecule has 110 valence electrons. The number of methoxy groups -OCH3 is 1. The highest BCUT2D eigenvalue weighted by Gasteiger charge is 2.24. The standard InChI is InChI=1S/C18H21NO2/c1-12(14-4-3-5-15(20)10-14)19-18-9-7-13-6-8-16(21-2)11-17(13)18/h3-6,8,10-12,18-20H,7,9H2,1-2H3. The van der Waals surface area contributed by atoms with E-state index in [1.165, 1.54) is 11.1 Å². The molecule has 2 aromatic rings. The maximum atomic E-state index is 9.60. The monoisotopic (exact) mass is 283 g/mol. The molecule has 0 heterocycles. The third kappa shape index (κ3) is 2.88. The van der Waals surface area contributed by atoms with Crippen LogP contribution >= 0.6 is 0 Å². The predicted molar refractivity (Wildman–Crippen MR) is 83.7 cm³/mol. The molecule has 3 rings (SSSR count). The first kappa shape index (κ1) is 14.0. The molecule has 3 nitrogen and oxygen atoms in total. The molecule has 1 aliphatic rings. The SMILES string of the molecule is COc1ccc2c(c1)C(NC(C)c1cccc(O)c1)CC2. The smallest absolute Gasteiger partial charge is 0.119 e. The Labute approximate surface area is 125 Å². The Morgan fingerprint density at radius 2 is 2.10 bits per heavy atom. The van der Waals surface area contributed by atoms with Crippen LogP contribution in [0.3, 0.4) is 0 Å². The van der Waals surface area contributed by atoms with E-state index in [-0.39, 0.29) is 6.04 Å². The van der Waals surface area contributed by atoms with Gasteiger partial charge in [-0.3, -0.25) is 0 Å². The highest BCUT2D eigenvalue weighted by atomic mass is 16.5. The first-order valence-corrected chi connectivity index (χ1v) is 7.39. The lowest BCUT2D eigenvalue weighted by Crippen LogP contribution is -2.23. The Hall–Kier alpha value is -2.00. The number of rotatable bonds is 4. The lowest BCUT2D eigenvalue weighted by Gasteiger charge is -2.21. The van der Waals surface area contributed by atoms with Gasteiger partial charge in [0.25, 0.3) is 0 Å². The molecule has 2 unspecified atom stereocenters. The number of phenols is 1. The molecule has 0 saturated carbocycles. The Morgan fingerprint density at radius 1 is 1.24 bits per heavy atom. The summed E-state index contributed by atoms with van der Waals surface area (Å²) in [7, 11) is 1.70. The summed E-state index contributed by atoms with van der Waals surface area (Å²) in [5, 5.41) is 13.3. The molecule has 0 radical (unpaired) electrons. The predicted octanol–water partition coefficient (Wildman–Crippen LogP) is 3.74. The minimum absolute atomic E-state index is 0.194. The van der Waals surface area contributed by atoms with Crippen molar-refractivity contribution in [3.8, 4) is 11.5 Å². The second-order valence-corrected chi connectivity index (χ2v) is 5.64. The van der Waals surface area contributed by atoms with Gasteiger partial charge in [0.2, 0.25) is 0 Å². The van der Waals surface area contributed by atoms with Crippen LogP contribution in [0.25, 0.3) is 0 Å². The zero-order valence-electron chi connectivity index (χ0n) is 12.5. The van der Waals surface area contributed by atoms with Crippen LogP contribution in [-0.4, -0.2) is 12.2 Å². The molecule has 2 N–H and O–H groups in total. The van der Waals surface area contributed by atoms with Crippen molar-refractivity contribution in [2.45, 2.75) is 31.8 Å². The summed E-state index contributed by atoms with van der Waals surface area (Å²) >= 11 is 0. The van der Waals surface area contributed by atoms with E-state index in [0.717, 1.165) is 24.2 Å². The van der Waals surface area contributed by atoms with Crippen LogP contribution in [0.15, 0.2) is 42.5 Å². The largest absolute Gasteiger partial charge is 0.508 e. The van der Waals surface area contributed by atoms with Crippen LogP contribution in [0.4, 0.5) is 0 Å². The average Bonchev–Trinajstić information content (AvgIpc) is 2.89. The maximum absolute atomic E-state index is 9.60. The number of ether oxygens (including phenoxy) is 1. The minimum Gasteiger partial charge on any atom is -0.508 e. The van der Waals surface area contributed by atoms with Gasteiger partial charge >= 0.3 is 0 Å². The zero-order chi connectivity index (χ0) is 14.8. The molecule has 0 spiro atoms. The van der Waals surface area contributed by atoms with Gasteiger partial charge in [-0.1, -0.05) is 18.2 Å². The van der Waals surface area contributed by atoms with E-state index in [9.17, 15) is 5.11 Å². The fourth-order valence-electron chi connectivity index (χ4n) is 3.07. The van der Waals surface area contributed by atoms with Crippen LogP contribution in [0.1, 0.15) is 42.1 Å². The Balaban J connectivity index is 1.78. The maximum Gasteiger partial charge on any atom is 0.119 e. The molecule has 0 aliphatic heterocycles. The van der Waals surface area contributed by atoms with E-state index in [2.05, 4.69) is 24.4 Å². The van der Waals surface area contributed by atoms with Crippen molar-refractivity contribution in [3.63, 3.8) is 0 Å². The van der Waals surface area contributed by atoms with E-state index in [1.54, 1.807) is 13.2 Å². The van der Waals surface area contributed by atoms with E-state index in [1.807, 2.05) is 24.3 Å². The van der Waals surface area contributed by atoms with Gasteiger partial charge in [0.1, 0.15) is 11.5 Å². The van der Waals surface area contributed by atoms with E-state index < -0.39 is 0 Å². The van der Waals surface area contributed by atoms with Crippen molar-refractivity contribution >= 4 is 0 Å². The normalized spacial score (nSPS) is 18.3. The molecular weight excluding hydrogens is 262 g/mol. The van der Waals surface area contributed by atoms with Gasteiger partial charge in [-0.25, -0.2) is 0 Å². The Kier molecular flexibility index (Phi) is 3.84. The van der Waals surface area contributed by atoms with Gasteiger partial charge in [0.05, 0.1) is 7.11 Å². The van der Waals surface area contributed by atoms with Crippen LogP contribution in [0.5, 0.6) is 11.5 Å². The summed E-state index contributed by atoms with van der Waals surface area (Å²) < 4.78 is 5.33. The number of hydrogen-bond acceptors (Lipinski definition) is 3. The summed E-state index contributed by atoms with van der Waals surface area (Å²) in [4.78, 5) is 0. The number of benzene rings is 2. The number of fused-ring (bicyclic) bond motifs is 1. The molecule has 2 aromatic carbocycles. The lowest BCUT2D eigenvalue weighted by molar-refractivity contribution is 0.412. The molecule has 0 fully saturated rings. The van der Waals surface area contributed by atoms with Crippen LogP contribution in [0.2, 0.25) is 0 Å². The van der Waals surface area contributed by atoms with Gasteiger partial charge in [-0.15, -0.1) is 0 Å². The molecule has 2 atom stereocenters. The Morgan fingerprint density at radius 3 is 2.86 bits per heavy atom. The number of phenolic OH excluding ortho intramolecular Hbond substituents is 1. The number of nitrogens with one attached hydrogen (secondary N) is 1. The van der Waals surface area contributed by atoms with Crippen molar-refractivity contribution in [2.24, 2.45) is 0 Å². The summed E-state index contributed by atoms with van der Waals surface area (Å²) in [6.45, 7) is 2.13. The van der Waals surface area contributed by atoms with E-state index in [4.69, 9.17) is 4.74 Å². The summed E-state index contributed by atoms with van der Waals surface area (Å²) in [5.74, 6) is 1.22. The third-order valence-electron chi connectivity index (χ3n) is 4.25. The Bertz CT molecular complexity index is 639. The number of hydrogen-bond donors (Lipinski definition) is 2. The van der Waals surface area contributed by atoms with Crippen molar-refractivity contribution in [2.75, 3.05) is 7.11 Å². The van der Waals surface area contributed by atoms with Crippen LogP contribution < -0.4 is 10.1 Å².